The summed E-state index contributed by atoms with van der Waals surface area (Å²) in [5.74, 6) is 1.07. The molecule has 0 bridgehead atoms. The van der Waals surface area contributed by atoms with E-state index in [1.54, 1.807) is 0 Å². The molecule has 3 nitrogen and oxygen atoms in total. The molecule has 0 saturated heterocycles. The first kappa shape index (κ1) is 15.5. The van der Waals surface area contributed by atoms with Gasteiger partial charge in [-0.15, -0.1) is 0 Å². The molecule has 1 amide bonds. The molecule has 0 radical (unpaired) electrons. The number of amides is 1. The molecule has 0 aromatic rings. The smallest absolute Gasteiger partial charge is 0.236 e. The molecule has 106 valence electrons. The lowest BCUT2D eigenvalue weighted by molar-refractivity contribution is -0.123. The first-order chi connectivity index (χ1) is 8.67. The second-order valence-corrected chi connectivity index (χ2v) is 5.66. The summed E-state index contributed by atoms with van der Waals surface area (Å²) in [4.78, 5) is 11.8. The van der Waals surface area contributed by atoms with Crippen molar-refractivity contribution in [2.75, 3.05) is 6.54 Å². The Kier molecular flexibility index (Phi) is 7.33. The number of carbonyl (C=O) groups excluding carboxylic acids is 1. The maximum atomic E-state index is 11.8. The van der Waals surface area contributed by atoms with Crippen LogP contribution in [0.25, 0.3) is 0 Å². The molecule has 3 heteroatoms. The predicted octanol–water partition coefficient (Wildman–Crippen LogP) is 2.85. The second-order valence-electron chi connectivity index (χ2n) is 5.66. The second kappa shape index (κ2) is 8.52. The van der Waals surface area contributed by atoms with Crippen molar-refractivity contribution < 1.29 is 4.79 Å². The predicted molar refractivity (Wildman–Crippen MR) is 76.6 cm³/mol. The van der Waals surface area contributed by atoms with Crippen LogP contribution in [0.3, 0.4) is 0 Å². The van der Waals surface area contributed by atoms with Gasteiger partial charge < -0.3 is 10.6 Å². The van der Waals surface area contributed by atoms with E-state index in [-0.39, 0.29) is 11.9 Å². The van der Waals surface area contributed by atoms with Gasteiger partial charge in [0.2, 0.25) is 5.91 Å². The Bertz CT molecular complexity index is 235. The molecule has 1 fully saturated rings. The molecule has 0 heterocycles. The number of hydrogen-bond donors (Lipinski definition) is 2. The standard InChI is InChI=1S/C15H30N2O/c1-4-6-11-16-15(18)12(3)17-14-9-7-13(5-2)8-10-14/h12-14,17H,4-11H2,1-3H3,(H,16,18). The summed E-state index contributed by atoms with van der Waals surface area (Å²) in [6.07, 6.45) is 8.59. The first-order valence-electron chi connectivity index (χ1n) is 7.71. The van der Waals surface area contributed by atoms with Gasteiger partial charge in [0.25, 0.3) is 0 Å². The van der Waals surface area contributed by atoms with E-state index in [9.17, 15) is 4.79 Å². The Labute approximate surface area is 112 Å². The lowest BCUT2D eigenvalue weighted by atomic mass is 9.84. The largest absolute Gasteiger partial charge is 0.355 e. The van der Waals surface area contributed by atoms with Crippen molar-refractivity contribution in [2.45, 2.75) is 77.8 Å². The Morgan fingerprint density at radius 1 is 1.22 bits per heavy atom. The van der Waals surface area contributed by atoms with E-state index in [1.165, 1.54) is 32.1 Å². The summed E-state index contributed by atoms with van der Waals surface area (Å²) in [6.45, 7) is 7.21. The highest BCUT2D eigenvalue weighted by Gasteiger charge is 2.22. The summed E-state index contributed by atoms with van der Waals surface area (Å²) in [7, 11) is 0. The molecule has 2 N–H and O–H groups in total. The van der Waals surface area contributed by atoms with Gasteiger partial charge in [0.1, 0.15) is 0 Å². The maximum absolute atomic E-state index is 11.8. The van der Waals surface area contributed by atoms with Crippen LogP contribution >= 0.6 is 0 Å². The fourth-order valence-corrected chi connectivity index (χ4v) is 2.71. The van der Waals surface area contributed by atoms with Gasteiger partial charge in [0, 0.05) is 12.6 Å². The van der Waals surface area contributed by atoms with E-state index in [0.717, 1.165) is 25.3 Å². The summed E-state index contributed by atoms with van der Waals surface area (Å²) in [5, 5.41) is 6.47. The van der Waals surface area contributed by atoms with Crippen molar-refractivity contribution in [3.63, 3.8) is 0 Å². The van der Waals surface area contributed by atoms with E-state index in [2.05, 4.69) is 24.5 Å². The van der Waals surface area contributed by atoms with E-state index in [1.807, 2.05) is 6.92 Å². The van der Waals surface area contributed by atoms with Crippen molar-refractivity contribution in [1.29, 1.82) is 0 Å². The summed E-state index contributed by atoms with van der Waals surface area (Å²) < 4.78 is 0. The molecule has 1 aliphatic carbocycles. The zero-order valence-electron chi connectivity index (χ0n) is 12.3. The average Bonchev–Trinajstić information content (AvgIpc) is 2.39. The Morgan fingerprint density at radius 3 is 2.44 bits per heavy atom. The molecule has 1 unspecified atom stereocenters. The minimum Gasteiger partial charge on any atom is -0.355 e. The monoisotopic (exact) mass is 254 g/mol. The lowest BCUT2D eigenvalue weighted by Crippen LogP contribution is -2.47. The molecule has 0 aromatic carbocycles. The van der Waals surface area contributed by atoms with Crippen molar-refractivity contribution >= 4 is 5.91 Å². The van der Waals surface area contributed by atoms with Gasteiger partial charge in [0.05, 0.1) is 6.04 Å². The number of unbranched alkanes of at least 4 members (excludes halogenated alkanes) is 1. The minimum absolute atomic E-state index is 0.0509. The first-order valence-corrected chi connectivity index (χ1v) is 7.71. The Morgan fingerprint density at radius 2 is 1.89 bits per heavy atom. The van der Waals surface area contributed by atoms with Crippen LogP contribution in [-0.2, 0) is 4.79 Å². The molecule has 1 saturated carbocycles. The van der Waals surface area contributed by atoms with Crippen molar-refractivity contribution in [2.24, 2.45) is 5.92 Å². The van der Waals surface area contributed by atoms with Gasteiger partial charge in [-0.05, 0) is 44.9 Å². The quantitative estimate of drug-likeness (QED) is 0.686. The van der Waals surface area contributed by atoms with Crippen molar-refractivity contribution in [1.82, 2.24) is 10.6 Å². The fourth-order valence-electron chi connectivity index (χ4n) is 2.71. The Balaban J connectivity index is 2.19. The normalized spacial score (nSPS) is 25.7. The average molecular weight is 254 g/mol. The van der Waals surface area contributed by atoms with E-state index in [4.69, 9.17) is 0 Å². The van der Waals surface area contributed by atoms with Gasteiger partial charge in [-0.1, -0.05) is 26.7 Å². The summed E-state index contributed by atoms with van der Waals surface area (Å²) in [6, 6.07) is 0.491. The zero-order valence-corrected chi connectivity index (χ0v) is 12.3. The topological polar surface area (TPSA) is 41.1 Å². The van der Waals surface area contributed by atoms with E-state index in [0.29, 0.717) is 6.04 Å². The number of hydrogen-bond acceptors (Lipinski definition) is 2. The fraction of sp³-hybridized carbons (Fsp3) is 0.933. The highest BCUT2D eigenvalue weighted by molar-refractivity contribution is 5.81. The van der Waals surface area contributed by atoms with Crippen LogP contribution < -0.4 is 10.6 Å². The molecular formula is C15H30N2O. The molecule has 1 atom stereocenters. The van der Waals surface area contributed by atoms with Crippen LogP contribution in [0.5, 0.6) is 0 Å². The molecule has 1 aliphatic rings. The van der Waals surface area contributed by atoms with Crippen molar-refractivity contribution in [3.05, 3.63) is 0 Å². The van der Waals surface area contributed by atoms with Crippen LogP contribution in [-0.4, -0.2) is 24.5 Å². The third-order valence-electron chi connectivity index (χ3n) is 4.13. The van der Waals surface area contributed by atoms with Gasteiger partial charge >= 0.3 is 0 Å². The Hall–Kier alpha value is -0.570. The SMILES string of the molecule is CCCCNC(=O)C(C)NC1CCC(CC)CC1. The molecule has 0 aliphatic heterocycles. The van der Waals surface area contributed by atoms with Gasteiger partial charge in [-0.2, -0.15) is 0 Å². The van der Waals surface area contributed by atoms with Crippen LogP contribution in [0.1, 0.15) is 65.7 Å². The van der Waals surface area contributed by atoms with Gasteiger partial charge in [-0.3, -0.25) is 4.79 Å². The molecule has 1 rings (SSSR count). The van der Waals surface area contributed by atoms with Crippen LogP contribution in [0.4, 0.5) is 0 Å². The number of carbonyl (C=O) groups is 1. The summed E-state index contributed by atoms with van der Waals surface area (Å²) in [5.41, 5.74) is 0. The minimum atomic E-state index is -0.0509. The van der Waals surface area contributed by atoms with E-state index < -0.39 is 0 Å². The van der Waals surface area contributed by atoms with Crippen LogP contribution in [0.2, 0.25) is 0 Å². The molecule has 18 heavy (non-hydrogen) atoms. The molecule has 0 spiro atoms. The van der Waals surface area contributed by atoms with Gasteiger partial charge in [0.15, 0.2) is 0 Å². The number of nitrogens with one attached hydrogen (secondary N) is 2. The third kappa shape index (κ3) is 5.38. The third-order valence-corrected chi connectivity index (χ3v) is 4.13. The van der Waals surface area contributed by atoms with E-state index >= 15 is 0 Å². The van der Waals surface area contributed by atoms with Crippen LogP contribution in [0.15, 0.2) is 0 Å². The lowest BCUT2D eigenvalue weighted by Gasteiger charge is -2.30. The highest BCUT2D eigenvalue weighted by atomic mass is 16.2. The maximum Gasteiger partial charge on any atom is 0.236 e. The highest BCUT2D eigenvalue weighted by Crippen LogP contribution is 2.26. The zero-order chi connectivity index (χ0) is 13.4. The molecular weight excluding hydrogens is 224 g/mol. The van der Waals surface area contributed by atoms with Crippen molar-refractivity contribution in [3.8, 4) is 0 Å². The number of rotatable bonds is 7. The molecule has 0 aromatic heterocycles. The van der Waals surface area contributed by atoms with Crippen LogP contribution in [0, 0.1) is 5.92 Å². The summed E-state index contributed by atoms with van der Waals surface area (Å²) >= 11 is 0. The van der Waals surface area contributed by atoms with Gasteiger partial charge in [-0.25, -0.2) is 0 Å².